The zero-order chi connectivity index (χ0) is 37.2. The monoisotopic (exact) mass is 733 g/mol. The third-order valence-electron chi connectivity index (χ3n) is 9.85. The van der Waals surface area contributed by atoms with Crippen LogP contribution in [0.15, 0.2) is 0 Å². The summed E-state index contributed by atoms with van der Waals surface area (Å²) in [5, 5.41) is 13.8. The summed E-state index contributed by atoms with van der Waals surface area (Å²) in [6.45, 7) is 4.71. The molecule has 0 aliphatic carbocycles. The van der Waals surface area contributed by atoms with E-state index in [0.717, 1.165) is 38.5 Å². The van der Waals surface area contributed by atoms with Crippen LogP contribution < -0.4 is 10.2 Å². The van der Waals surface area contributed by atoms with E-state index in [9.17, 15) is 19.4 Å². The van der Waals surface area contributed by atoms with Crippen LogP contribution in [-0.4, -0.2) is 68.5 Å². The van der Waals surface area contributed by atoms with Crippen molar-refractivity contribution in [1.82, 2.24) is 5.32 Å². The quantitative estimate of drug-likeness (QED) is 0.0370. The summed E-state index contributed by atoms with van der Waals surface area (Å²) in [5.74, 6) is -0.163. The predicted octanol–water partition coefficient (Wildman–Crippen LogP) is 10.8. The second-order valence-electron chi connectivity index (χ2n) is 16.1. The molecule has 0 heterocycles. The number of amides is 1. The van der Waals surface area contributed by atoms with Crippen molar-refractivity contribution in [3.05, 3.63) is 0 Å². The maximum absolute atomic E-state index is 12.8. The molecule has 3 unspecified atom stereocenters. The van der Waals surface area contributed by atoms with Gasteiger partial charge in [0.2, 0.25) is 5.91 Å². The zero-order valence-electron chi connectivity index (χ0n) is 33.9. The van der Waals surface area contributed by atoms with E-state index < -0.39 is 20.0 Å². The molecular formula is C41H85N2O6P. The van der Waals surface area contributed by atoms with Crippen molar-refractivity contribution in [3.8, 4) is 0 Å². The van der Waals surface area contributed by atoms with Crippen LogP contribution in [0, 0.1) is 0 Å². The van der Waals surface area contributed by atoms with Crippen molar-refractivity contribution >= 4 is 13.7 Å². The molecule has 50 heavy (non-hydrogen) atoms. The summed E-state index contributed by atoms with van der Waals surface area (Å²) in [6.07, 6.45) is 35.3. The van der Waals surface area contributed by atoms with Crippen molar-refractivity contribution < 1.29 is 32.9 Å². The largest absolute Gasteiger partial charge is 0.756 e. The fourth-order valence-electron chi connectivity index (χ4n) is 6.39. The van der Waals surface area contributed by atoms with Gasteiger partial charge in [0, 0.05) is 6.42 Å². The SMILES string of the molecule is CCCCCCCCCCCCCCCCCCCCC(=O)NC(COP(=O)([O-])OCC[N+](C)(C)C)C(O)CCCCCCCCCCCC. The number of likely N-dealkylation sites (N-methyl/N-ethyl adjacent to an activating group) is 1. The number of phosphoric ester groups is 1. The highest BCUT2D eigenvalue weighted by Crippen LogP contribution is 2.38. The molecule has 300 valence electrons. The molecule has 0 radical (unpaired) electrons. The minimum absolute atomic E-state index is 0.0157. The Hall–Kier alpha value is -0.500. The first kappa shape index (κ1) is 49.5. The fraction of sp³-hybridized carbons (Fsp3) is 0.976. The Morgan fingerprint density at radius 3 is 1.36 bits per heavy atom. The second-order valence-corrected chi connectivity index (χ2v) is 17.5. The van der Waals surface area contributed by atoms with E-state index in [0.29, 0.717) is 23.9 Å². The average Bonchev–Trinajstić information content (AvgIpc) is 3.06. The molecule has 8 nitrogen and oxygen atoms in total. The number of carbonyl (C=O) groups is 1. The van der Waals surface area contributed by atoms with Crippen LogP contribution in [0.4, 0.5) is 0 Å². The lowest BCUT2D eigenvalue weighted by molar-refractivity contribution is -0.870. The van der Waals surface area contributed by atoms with Crippen LogP contribution >= 0.6 is 7.82 Å². The molecule has 1 amide bonds. The number of carbonyl (C=O) groups excluding carboxylic acids is 1. The van der Waals surface area contributed by atoms with E-state index in [1.807, 2.05) is 21.1 Å². The molecule has 0 aliphatic rings. The number of hydrogen-bond acceptors (Lipinski definition) is 6. The summed E-state index contributed by atoms with van der Waals surface area (Å²) < 4.78 is 23.2. The van der Waals surface area contributed by atoms with Crippen LogP contribution in [0.2, 0.25) is 0 Å². The van der Waals surface area contributed by atoms with Gasteiger partial charge in [-0.3, -0.25) is 9.36 Å². The minimum atomic E-state index is -4.55. The number of quaternary nitrogens is 1. The molecule has 0 fully saturated rings. The molecule has 0 saturated heterocycles. The first-order chi connectivity index (χ1) is 24.0. The number of aliphatic hydroxyl groups excluding tert-OH is 1. The maximum atomic E-state index is 12.8. The van der Waals surface area contributed by atoms with E-state index in [1.54, 1.807) is 0 Å². The van der Waals surface area contributed by atoms with Gasteiger partial charge in [-0.2, -0.15) is 0 Å². The van der Waals surface area contributed by atoms with Gasteiger partial charge >= 0.3 is 0 Å². The lowest BCUT2D eigenvalue weighted by Gasteiger charge is -2.30. The highest BCUT2D eigenvalue weighted by atomic mass is 31.2. The molecule has 0 aromatic carbocycles. The number of nitrogens with one attached hydrogen (secondary N) is 1. The van der Waals surface area contributed by atoms with Crippen LogP contribution in [0.5, 0.6) is 0 Å². The van der Waals surface area contributed by atoms with Gasteiger partial charge in [0.1, 0.15) is 13.2 Å². The van der Waals surface area contributed by atoms with E-state index >= 15 is 0 Å². The molecular weight excluding hydrogens is 647 g/mol. The maximum Gasteiger partial charge on any atom is 0.268 e. The Kier molecular flexibility index (Phi) is 33.9. The number of aliphatic hydroxyl groups is 1. The minimum Gasteiger partial charge on any atom is -0.756 e. The van der Waals surface area contributed by atoms with Crippen LogP contribution in [0.3, 0.4) is 0 Å². The molecule has 2 N–H and O–H groups in total. The Morgan fingerprint density at radius 1 is 0.620 bits per heavy atom. The van der Waals surface area contributed by atoms with Crippen molar-refractivity contribution in [2.75, 3.05) is 40.9 Å². The molecule has 0 aromatic heterocycles. The Morgan fingerprint density at radius 2 is 0.980 bits per heavy atom. The molecule has 9 heteroatoms. The fourth-order valence-corrected chi connectivity index (χ4v) is 7.12. The number of unbranched alkanes of at least 4 members (excludes halogenated alkanes) is 26. The van der Waals surface area contributed by atoms with E-state index in [2.05, 4.69) is 19.2 Å². The van der Waals surface area contributed by atoms with Crippen LogP contribution in [0.25, 0.3) is 0 Å². The normalized spacial score (nSPS) is 14.5. The van der Waals surface area contributed by atoms with Gasteiger partial charge < -0.3 is 28.8 Å². The highest BCUT2D eigenvalue weighted by molar-refractivity contribution is 7.45. The van der Waals surface area contributed by atoms with Gasteiger partial charge in [0.25, 0.3) is 7.82 Å². The van der Waals surface area contributed by atoms with Crippen LogP contribution in [0.1, 0.15) is 206 Å². The van der Waals surface area contributed by atoms with Gasteiger partial charge in [-0.1, -0.05) is 187 Å². The van der Waals surface area contributed by atoms with E-state index in [-0.39, 0.29) is 19.1 Å². The topological polar surface area (TPSA) is 108 Å². The Bertz CT molecular complexity index is 794. The average molecular weight is 733 g/mol. The zero-order valence-corrected chi connectivity index (χ0v) is 34.8. The number of nitrogens with zero attached hydrogens (tertiary/aromatic N) is 1. The van der Waals surface area contributed by atoms with Gasteiger partial charge in [-0.25, -0.2) is 0 Å². The molecule has 0 rings (SSSR count). The van der Waals surface area contributed by atoms with E-state index in [1.165, 1.54) is 141 Å². The summed E-state index contributed by atoms with van der Waals surface area (Å²) in [4.78, 5) is 25.2. The van der Waals surface area contributed by atoms with Crippen molar-refractivity contribution in [2.24, 2.45) is 0 Å². The third-order valence-corrected chi connectivity index (χ3v) is 10.8. The predicted molar refractivity (Wildman–Crippen MR) is 210 cm³/mol. The smallest absolute Gasteiger partial charge is 0.268 e. The van der Waals surface area contributed by atoms with Gasteiger partial charge in [0.05, 0.1) is 39.9 Å². The highest BCUT2D eigenvalue weighted by Gasteiger charge is 2.24. The number of phosphoric acid groups is 1. The molecule has 0 aliphatic heterocycles. The first-order valence-corrected chi connectivity index (χ1v) is 22.8. The van der Waals surface area contributed by atoms with Gasteiger partial charge in [-0.15, -0.1) is 0 Å². The van der Waals surface area contributed by atoms with Gasteiger partial charge in [0.15, 0.2) is 0 Å². The summed E-state index contributed by atoms with van der Waals surface area (Å²) in [6, 6.07) is -0.791. The van der Waals surface area contributed by atoms with Crippen molar-refractivity contribution in [3.63, 3.8) is 0 Å². The summed E-state index contributed by atoms with van der Waals surface area (Å²) in [5.41, 5.74) is 0. The van der Waals surface area contributed by atoms with Gasteiger partial charge in [-0.05, 0) is 12.8 Å². The first-order valence-electron chi connectivity index (χ1n) is 21.4. The summed E-state index contributed by atoms with van der Waals surface area (Å²) >= 11 is 0. The second kappa shape index (κ2) is 34.3. The molecule has 0 bridgehead atoms. The van der Waals surface area contributed by atoms with Crippen molar-refractivity contribution in [1.29, 1.82) is 0 Å². The lowest BCUT2D eigenvalue weighted by Crippen LogP contribution is -2.46. The number of rotatable bonds is 39. The standard InChI is InChI=1S/C41H85N2O6P/c1-6-8-10-12-14-16-18-19-20-21-22-23-24-25-27-29-31-33-35-41(45)42-39(38-49-50(46,47)48-37-36-43(3,4)5)40(44)34-32-30-28-26-17-15-13-11-9-7-2/h39-40,44H,6-38H2,1-5H3,(H-,42,45,46,47). The molecule has 0 saturated carbocycles. The molecule has 0 aromatic rings. The van der Waals surface area contributed by atoms with E-state index in [4.69, 9.17) is 9.05 Å². The lowest BCUT2D eigenvalue weighted by atomic mass is 10.0. The molecule has 0 spiro atoms. The Labute approximate surface area is 310 Å². The Balaban J connectivity index is 4.28. The molecule has 3 atom stereocenters. The van der Waals surface area contributed by atoms with Crippen LogP contribution in [-0.2, 0) is 18.4 Å². The third kappa shape index (κ3) is 35.9. The number of hydrogen-bond donors (Lipinski definition) is 2. The van der Waals surface area contributed by atoms with Crippen molar-refractivity contribution in [2.45, 2.75) is 219 Å². The summed E-state index contributed by atoms with van der Waals surface area (Å²) in [7, 11) is 1.31.